The summed E-state index contributed by atoms with van der Waals surface area (Å²) in [5.74, 6) is 0.119. The maximum atomic E-state index is 12.3. The SMILES string of the molecule is CC(=O)Nc1ccc(S(=O)(=O)CC=C2CN3C(=O)C[C@H]3O2)cc1. The number of nitrogens with one attached hydrogen (secondary N) is 1. The molecule has 0 spiro atoms. The van der Waals surface area contributed by atoms with Crippen molar-refractivity contribution in [1.29, 1.82) is 0 Å². The molecular weight excluding hydrogens is 320 g/mol. The van der Waals surface area contributed by atoms with Gasteiger partial charge in [0.2, 0.25) is 11.8 Å². The highest BCUT2D eigenvalue weighted by Crippen LogP contribution is 2.30. The quantitative estimate of drug-likeness (QED) is 0.824. The maximum Gasteiger partial charge on any atom is 0.231 e. The number of hydrogen-bond acceptors (Lipinski definition) is 5. The monoisotopic (exact) mass is 336 g/mol. The van der Waals surface area contributed by atoms with Crippen molar-refractivity contribution >= 4 is 27.3 Å². The molecule has 0 saturated carbocycles. The van der Waals surface area contributed by atoms with Crippen LogP contribution in [0.1, 0.15) is 13.3 Å². The van der Waals surface area contributed by atoms with Crippen LogP contribution in [0, 0.1) is 0 Å². The zero-order valence-electron chi connectivity index (χ0n) is 12.5. The van der Waals surface area contributed by atoms with E-state index in [4.69, 9.17) is 4.74 Å². The third kappa shape index (κ3) is 3.21. The molecule has 1 N–H and O–H groups in total. The topological polar surface area (TPSA) is 92.8 Å². The highest BCUT2D eigenvalue weighted by atomic mass is 32.2. The molecule has 1 aromatic carbocycles. The van der Waals surface area contributed by atoms with Crippen molar-refractivity contribution in [3.05, 3.63) is 36.1 Å². The van der Waals surface area contributed by atoms with Crippen LogP contribution in [0.5, 0.6) is 0 Å². The van der Waals surface area contributed by atoms with Gasteiger partial charge in [-0.2, -0.15) is 0 Å². The molecule has 0 aromatic heterocycles. The number of sulfone groups is 1. The summed E-state index contributed by atoms with van der Waals surface area (Å²) in [6.45, 7) is 1.72. The van der Waals surface area contributed by atoms with Crippen LogP contribution in [0.2, 0.25) is 0 Å². The van der Waals surface area contributed by atoms with Crippen molar-refractivity contribution in [3.63, 3.8) is 0 Å². The van der Waals surface area contributed by atoms with Crippen LogP contribution in [0.25, 0.3) is 0 Å². The van der Waals surface area contributed by atoms with Gasteiger partial charge in [-0.3, -0.25) is 14.5 Å². The van der Waals surface area contributed by atoms with Gasteiger partial charge >= 0.3 is 0 Å². The summed E-state index contributed by atoms with van der Waals surface area (Å²) in [4.78, 5) is 23.9. The molecule has 0 radical (unpaired) electrons. The second kappa shape index (κ2) is 5.69. The number of ether oxygens (including phenoxy) is 1. The van der Waals surface area contributed by atoms with Crippen LogP contribution in [-0.4, -0.2) is 43.7 Å². The summed E-state index contributed by atoms with van der Waals surface area (Å²) in [6, 6.07) is 5.98. The molecule has 2 heterocycles. The van der Waals surface area contributed by atoms with E-state index in [0.717, 1.165) is 0 Å². The predicted molar refractivity (Wildman–Crippen MR) is 82.1 cm³/mol. The van der Waals surface area contributed by atoms with Crippen LogP contribution in [0.15, 0.2) is 41.0 Å². The third-order valence-corrected chi connectivity index (χ3v) is 5.29. The van der Waals surface area contributed by atoms with Crippen LogP contribution in [0.3, 0.4) is 0 Å². The van der Waals surface area contributed by atoms with Gasteiger partial charge in [0.05, 0.1) is 23.6 Å². The first kappa shape index (κ1) is 15.5. The van der Waals surface area contributed by atoms with Crippen molar-refractivity contribution in [2.45, 2.75) is 24.5 Å². The van der Waals surface area contributed by atoms with Crippen molar-refractivity contribution in [3.8, 4) is 0 Å². The molecule has 7 nitrogen and oxygen atoms in total. The second-order valence-corrected chi connectivity index (χ2v) is 7.49. The molecule has 2 amide bonds. The fourth-order valence-electron chi connectivity index (χ4n) is 2.46. The van der Waals surface area contributed by atoms with Crippen molar-refractivity contribution in [2.75, 3.05) is 17.6 Å². The second-order valence-electron chi connectivity index (χ2n) is 5.46. The van der Waals surface area contributed by atoms with E-state index in [9.17, 15) is 18.0 Å². The van der Waals surface area contributed by atoms with Gasteiger partial charge in [0.15, 0.2) is 16.1 Å². The zero-order chi connectivity index (χ0) is 16.6. The standard InChI is InChI=1S/C15H16N2O5S/c1-10(18)16-11-2-4-13(5-3-11)23(20,21)7-6-12-9-17-14(19)8-15(17)22-12/h2-6,15H,7-9H2,1H3,(H,16,18)/t15-/m1/s1. The van der Waals surface area contributed by atoms with Crippen molar-refractivity contribution < 1.29 is 22.7 Å². The average Bonchev–Trinajstić information content (AvgIpc) is 2.82. The summed E-state index contributed by atoms with van der Waals surface area (Å²) < 4.78 is 30.1. The van der Waals surface area contributed by atoms with Gasteiger partial charge in [0, 0.05) is 12.6 Å². The lowest BCUT2D eigenvalue weighted by atomic mass is 10.2. The lowest BCUT2D eigenvalue weighted by molar-refractivity contribution is -0.154. The highest BCUT2D eigenvalue weighted by Gasteiger charge is 2.43. The average molecular weight is 336 g/mol. The fourth-order valence-corrected chi connectivity index (χ4v) is 3.61. The van der Waals surface area contributed by atoms with E-state index < -0.39 is 9.84 Å². The fraction of sp³-hybridized carbons (Fsp3) is 0.333. The minimum absolute atomic E-state index is 0.0230. The Balaban J connectivity index is 1.67. The smallest absolute Gasteiger partial charge is 0.231 e. The number of anilines is 1. The van der Waals surface area contributed by atoms with E-state index in [1.54, 1.807) is 4.90 Å². The highest BCUT2D eigenvalue weighted by molar-refractivity contribution is 7.91. The Hall–Kier alpha value is -2.35. The molecule has 2 aliphatic heterocycles. The van der Waals surface area contributed by atoms with Gasteiger partial charge in [-0.25, -0.2) is 8.42 Å². The molecule has 2 fully saturated rings. The van der Waals surface area contributed by atoms with Crippen LogP contribution in [0.4, 0.5) is 5.69 Å². The Morgan fingerprint density at radius 1 is 1.39 bits per heavy atom. The Morgan fingerprint density at radius 2 is 2.09 bits per heavy atom. The summed E-state index contributed by atoms with van der Waals surface area (Å²) in [6.07, 6.45) is 1.63. The zero-order valence-corrected chi connectivity index (χ0v) is 13.3. The number of rotatable bonds is 4. The molecular formula is C15H16N2O5S. The minimum atomic E-state index is -3.49. The first-order valence-electron chi connectivity index (χ1n) is 7.11. The maximum absolute atomic E-state index is 12.3. The van der Waals surface area contributed by atoms with Gasteiger partial charge < -0.3 is 10.1 Å². The van der Waals surface area contributed by atoms with E-state index in [-0.39, 0.29) is 28.7 Å². The first-order chi connectivity index (χ1) is 10.8. The Bertz CT molecular complexity index is 783. The number of β-lactam (4-membered cyclic amide) rings is 1. The molecule has 2 aliphatic rings. The van der Waals surface area contributed by atoms with Gasteiger partial charge in [0.25, 0.3) is 0 Å². The lowest BCUT2D eigenvalue weighted by Gasteiger charge is -2.30. The molecule has 1 atom stereocenters. The van der Waals surface area contributed by atoms with Gasteiger partial charge in [-0.15, -0.1) is 0 Å². The summed E-state index contributed by atoms with van der Waals surface area (Å²) in [5, 5.41) is 2.58. The summed E-state index contributed by atoms with van der Waals surface area (Å²) in [7, 11) is -3.49. The number of carbonyl (C=O) groups excluding carboxylic acids is 2. The number of hydrogen-bond donors (Lipinski definition) is 1. The number of carbonyl (C=O) groups is 2. The molecule has 0 bridgehead atoms. The summed E-state index contributed by atoms with van der Waals surface area (Å²) >= 11 is 0. The molecule has 8 heteroatoms. The van der Waals surface area contributed by atoms with Crippen molar-refractivity contribution in [1.82, 2.24) is 4.90 Å². The molecule has 0 unspecified atom stereocenters. The Labute approximate surface area is 133 Å². The van der Waals surface area contributed by atoms with Gasteiger partial charge in [0.1, 0.15) is 5.76 Å². The minimum Gasteiger partial charge on any atom is -0.473 e. The number of fused-ring (bicyclic) bond motifs is 1. The van der Waals surface area contributed by atoms with E-state index in [2.05, 4.69) is 5.32 Å². The molecule has 1 aromatic rings. The first-order valence-corrected chi connectivity index (χ1v) is 8.76. The Morgan fingerprint density at radius 3 is 2.65 bits per heavy atom. The molecule has 122 valence electrons. The lowest BCUT2D eigenvalue weighted by Crippen LogP contribution is -2.48. The van der Waals surface area contributed by atoms with Crippen LogP contribution < -0.4 is 5.32 Å². The van der Waals surface area contributed by atoms with Gasteiger partial charge in [-0.1, -0.05) is 0 Å². The molecule has 0 aliphatic carbocycles. The predicted octanol–water partition coefficient (Wildman–Crippen LogP) is 0.891. The van der Waals surface area contributed by atoms with E-state index in [0.29, 0.717) is 24.4 Å². The van der Waals surface area contributed by atoms with Gasteiger partial charge in [-0.05, 0) is 30.3 Å². The van der Waals surface area contributed by atoms with E-state index >= 15 is 0 Å². The van der Waals surface area contributed by atoms with Crippen LogP contribution >= 0.6 is 0 Å². The molecule has 3 rings (SSSR count). The molecule has 2 saturated heterocycles. The van der Waals surface area contributed by atoms with E-state index in [1.165, 1.54) is 37.3 Å². The summed E-state index contributed by atoms with van der Waals surface area (Å²) in [5.41, 5.74) is 0.539. The Kier molecular flexibility index (Phi) is 3.85. The van der Waals surface area contributed by atoms with Crippen molar-refractivity contribution in [2.24, 2.45) is 0 Å². The molecule has 23 heavy (non-hydrogen) atoms. The van der Waals surface area contributed by atoms with Crippen LogP contribution in [-0.2, 0) is 24.2 Å². The van der Waals surface area contributed by atoms with E-state index in [1.807, 2.05) is 0 Å². The number of nitrogens with zero attached hydrogens (tertiary/aromatic N) is 1. The largest absolute Gasteiger partial charge is 0.473 e. The number of benzene rings is 1. The third-order valence-electron chi connectivity index (χ3n) is 3.70. The number of amides is 2. The normalized spacial score (nSPS) is 21.6.